The summed E-state index contributed by atoms with van der Waals surface area (Å²) < 4.78 is 29.1. The number of rotatable bonds is 14. The van der Waals surface area contributed by atoms with Crippen LogP contribution >= 0.6 is 0 Å². The molecule has 2 atom stereocenters. The van der Waals surface area contributed by atoms with Gasteiger partial charge in [0.15, 0.2) is 0 Å². The molecule has 40 heavy (non-hydrogen) atoms. The maximum absolute atomic E-state index is 13.5. The number of hydrazone groups is 1. The van der Waals surface area contributed by atoms with Gasteiger partial charge in [-0.3, -0.25) is 14.4 Å². The molecule has 0 saturated carbocycles. The van der Waals surface area contributed by atoms with E-state index in [2.05, 4.69) is 15.1 Å². The third-order valence-corrected chi connectivity index (χ3v) is 8.27. The highest BCUT2D eigenvalue weighted by atomic mass is 32.2. The standard InChI is InChI=1S/C27H38N6O6S/c1-2-3-13-33(18-26(35)36)27(37)24(15-25(34)29-16-20-7-6-12-32(17-20)19-30-28)31-40(38,39)23-11-10-21-8-4-5-9-22(21)14-23/h4-5,8-11,14,19-20,24,31H,2-3,6-7,12-13,15-18,28H2,1H3,(H,29,34)(H,35,36)/t20-,24-/m0/s1. The number of fused-ring (bicyclic) bond motifs is 1. The Balaban J connectivity index is 1.79. The number of nitrogens with one attached hydrogen (secondary N) is 2. The Morgan fingerprint density at radius 2 is 1.98 bits per heavy atom. The van der Waals surface area contributed by atoms with E-state index in [1.54, 1.807) is 24.5 Å². The number of unbranched alkanes of at least 4 members (excludes halogenated alkanes) is 1. The first-order valence-electron chi connectivity index (χ1n) is 13.4. The van der Waals surface area contributed by atoms with Crippen molar-refractivity contribution in [1.82, 2.24) is 19.8 Å². The molecule has 12 nitrogen and oxygen atoms in total. The molecule has 13 heteroatoms. The molecule has 5 N–H and O–H groups in total. The van der Waals surface area contributed by atoms with Crippen LogP contribution in [0.1, 0.15) is 39.0 Å². The van der Waals surface area contributed by atoms with Crippen LogP contribution in [0.5, 0.6) is 0 Å². The fourth-order valence-electron chi connectivity index (χ4n) is 4.75. The van der Waals surface area contributed by atoms with Crippen molar-refractivity contribution in [3.05, 3.63) is 42.5 Å². The predicted octanol–water partition coefficient (Wildman–Crippen LogP) is 1.32. The highest BCUT2D eigenvalue weighted by molar-refractivity contribution is 7.89. The van der Waals surface area contributed by atoms with Gasteiger partial charge in [-0.2, -0.15) is 9.82 Å². The molecule has 2 aromatic rings. The van der Waals surface area contributed by atoms with Gasteiger partial charge in [0.1, 0.15) is 18.9 Å². The minimum atomic E-state index is -4.23. The van der Waals surface area contributed by atoms with E-state index in [0.717, 1.165) is 29.7 Å². The fraction of sp³-hybridized carbons (Fsp3) is 0.481. The van der Waals surface area contributed by atoms with Crippen molar-refractivity contribution in [2.75, 3.05) is 32.7 Å². The number of hydrogen-bond acceptors (Lipinski definition) is 7. The average molecular weight is 575 g/mol. The van der Waals surface area contributed by atoms with Crippen LogP contribution in [-0.4, -0.2) is 86.2 Å². The smallest absolute Gasteiger partial charge is 0.323 e. The van der Waals surface area contributed by atoms with Gasteiger partial charge in [-0.1, -0.05) is 43.7 Å². The quantitative estimate of drug-likeness (QED) is 0.113. The summed E-state index contributed by atoms with van der Waals surface area (Å²) in [6.45, 7) is 3.22. The van der Waals surface area contributed by atoms with Crippen LogP contribution in [-0.2, 0) is 24.4 Å². The van der Waals surface area contributed by atoms with Crippen molar-refractivity contribution < 1.29 is 27.9 Å². The van der Waals surface area contributed by atoms with Crippen molar-refractivity contribution in [3.63, 3.8) is 0 Å². The number of carboxylic acids is 1. The van der Waals surface area contributed by atoms with Crippen molar-refractivity contribution in [2.45, 2.75) is 50.0 Å². The van der Waals surface area contributed by atoms with E-state index in [1.165, 1.54) is 12.1 Å². The van der Waals surface area contributed by atoms with Crippen LogP contribution in [0, 0.1) is 5.92 Å². The lowest BCUT2D eigenvalue weighted by molar-refractivity contribution is -0.145. The van der Waals surface area contributed by atoms with Crippen LogP contribution < -0.4 is 15.9 Å². The molecule has 1 aliphatic rings. The van der Waals surface area contributed by atoms with Gasteiger partial charge in [0, 0.05) is 26.2 Å². The molecule has 0 spiro atoms. The fourth-order valence-corrected chi connectivity index (χ4v) is 5.97. The first-order valence-corrected chi connectivity index (χ1v) is 14.9. The molecule has 1 aliphatic heterocycles. The van der Waals surface area contributed by atoms with Gasteiger partial charge in [-0.25, -0.2) is 8.42 Å². The molecule has 0 aromatic heterocycles. The van der Waals surface area contributed by atoms with Crippen molar-refractivity contribution in [3.8, 4) is 0 Å². The number of sulfonamides is 1. The molecule has 2 aromatic carbocycles. The molecule has 1 heterocycles. The van der Waals surface area contributed by atoms with Gasteiger partial charge in [0.05, 0.1) is 11.3 Å². The average Bonchev–Trinajstić information content (AvgIpc) is 2.93. The lowest BCUT2D eigenvalue weighted by Gasteiger charge is -2.31. The van der Waals surface area contributed by atoms with Crippen molar-refractivity contribution >= 4 is 44.9 Å². The molecule has 0 bridgehead atoms. The Labute approximate surface area is 234 Å². The molecule has 2 amide bonds. The maximum Gasteiger partial charge on any atom is 0.323 e. The predicted molar refractivity (Wildman–Crippen MR) is 152 cm³/mol. The van der Waals surface area contributed by atoms with Crippen molar-refractivity contribution in [2.24, 2.45) is 16.9 Å². The highest BCUT2D eigenvalue weighted by Gasteiger charge is 2.32. The number of likely N-dealkylation sites (tertiary alicyclic amines) is 1. The number of carboxylic acid groups (broad SMARTS) is 1. The molecular formula is C27H38N6O6S. The molecule has 1 saturated heterocycles. The Bertz CT molecular complexity index is 1320. The van der Waals surface area contributed by atoms with E-state index in [4.69, 9.17) is 5.84 Å². The minimum Gasteiger partial charge on any atom is -0.480 e. The van der Waals surface area contributed by atoms with Gasteiger partial charge in [0.2, 0.25) is 21.8 Å². The molecule has 1 fully saturated rings. The first kappa shape index (κ1) is 30.8. The van der Waals surface area contributed by atoms with E-state index in [9.17, 15) is 27.9 Å². The second-order valence-corrected chi connectivity index (χ2v) is 11.7. The van der Waals surface area contributed by atoms with Crippen LogP contribution in [0.25, 0.3) is 10.8 Å². The number of amides is 2. The number of carbonyl (C=O) groups excluding carboxylic acids is 2. The minimum absolute atomic E-state index is 0.0633. The number of benzene rings is 2. The van der Waals surface area contributed by atoms with Gasteiger partial charge in [0.25, 0.3) is 0 Å². The van der Waals surface area contributed by atoms with E-state index >= 15 is 0 Å². The Hall–Kier alpha value is -3.71. The first-order chi connectivity index (χ1) is 19.1. The van der Waals surface area contributed by atoms with E-state index < -0.39 is 46.8 Å². The zero-order chi connectivity index (χ0) is 29.1. The lowest BCUT2D eigenvalue weighted by atomic mass is 9.98. The third-order valence-electron chi connectivity index (χ3n) is 6.80. The number of nitrogens with two attached hydrogens (primary N) is 1. The van der Waals surface area contributed by atoms with Crippen LogP contribution in [0.15, 0.2) is 52.5 Å². The second-order valence-electron chi connectivity index (χ2n) is 9.97. The SMILES string of the molecule is CCCCN(CC(=O)O)C(=O)[C@H](CC(=O)NC[C@@H]1CCCN(C=NN)C1)NS(=O)(=O)c1ccc2ccccc2c1. The van der Waals surface area contributed by atoms with Crippen LogP contribution in [0.2, 0.25) is 0 Å². The number of piperidine rings is 1. The molecule has 0 unspecified atom stereocenters. The monoisotopic (exact) mass is 574 g/mol. The normalized spacial score (nSPS) is 16.6. The van der Waals surface area contributed by atoms with E-state index in [-0.39, 0.29) is 17.4 Å². The van der Waals surface area contributed by atoms with Gasteiger partial charge < -0.3 is 26.1 Å². The number of aliphatic carboxylic acids is 1. The lowest BCUT2D eigenvalue weighted by Crippen LogP contribution is -2.52. The van der Waals surface area contributed by atoms with E-state index in [1.807, 2.05) is 24.0 Å². The summed E-state index contributed by atoms with van der Waals surface area (Å²) in [7, 11) is -4.23. The summed E-state index contributed by atoms with van der Waals surface area (Å²) in [4.78, 5) is 40.9. The topological polar surface area (TPSA) is 174 Å². The van der Waals surface area contributed by atoms with Gasteiger partial charge >= 0.3 is 5.97 Å². The summed E-state index contributed by atoms with van der Waals surface area (Å²) in [6.07, 6.45) is 4.09. The Kier molecular flexibility index (Phi) is 11.3. The van der Waals surface area contributed by atoms with E-state index in [0.29, 0.717) is 31.3 Å². The zero-order valence-electron chi connectivity index (χ0n) is 22.7. The summed E-state index contributed by atoms with van der Waals surface area (Å²) >= 11 is 0. The zero-order valence-corrected chi connectivity index (χ0v) is 23.5. The Morgan fingerprint density at radius 1 is 1.23 bits per heavy atom. The molecule has 0 aliphatic carbocycles. The summed E-state index contributed by atoms with van der Waals surface area (Å²) in [5.41, 5.74) is 0. The van der Waals surface area contributed by atoms with Crippen molar-refractivity contribution in [1.29, 1.82) is 0 Å². The number of carbonyl (C=O) groups is 3. The number of nitrogens with zero attached hydrogens (tertiary/aromatic N) is 3. The third kappa shape index (κ3) is 8.91. The largest absolute Gasteiger partial charge is 0.480 e. The van der Waals surface area contributed by atoms with Gasteiger partial charge in [-0.15, -0.1) is 0 Å². The van der Waals surface area contributed by atoms with Crippen LogP contribution in [0.4, 0.5) is 0 Å². The number of hydrogen-bond donors (Lipinski definition) is 4. The van der Waals surface area contributed by atoms with Gasteiger partial charge in [-0.05, 0) is 48.1 Å². The molecule has 218 valence electrons. The van der Waals surface area contributed by atoms with Crippen LogP contribution in [0.3, 0.4) is 0 Å². The molecule has 0 radical (unpaired) electrons. The summed E-state index contributed by atoms with van der Waals surface area (Å²) in [6, 6.07) is 10.3. The highest BCUT2D eigenvalue weighted by Crippen LogP contribution is 2.20. The summed E-state index contributed by atoms with van der Waals surface area (Å²) in [5.74, 6) is 2.86. The molecule has 3 rings (SSSR count). The maximum atomic E-state index is 13.5. The molecular weight excluding hydrogens is 536 g/mol. The second kappa shape index (κ2) is 14.6. The summed E-state index contributed by atoms with van der Waals surface area (Å²) in [5, 5.41) is 17.3. The Morgan fingerprint density at radius 3 is 2.67 bits per heavy atom.